The van der Waals surface area contributed by atoms with E-state index < -0.39 is 0 Å². The van der Waals surface area contributed by atoms with E-state index in [9.17, 15) is 4.79 Å². The summed E-state index contributed by atoms with van der Waals surface area (Å²) in [4.78, 5) is 12.4. The van der Waals surface area contributed by atoms with Crippen LogP contribution in [0.3, 0.4) is 0 Å². The Morgan fingerprint density at radius 2 is 1.74 bits per heavy atom. The van der Waals surface area contributed by atoms with Crippen LogP contribution in [0.4, 0.5) is 0 Å². The maximum atomic E-state index is 12.4. The lowest BCUT2D eigenvalue weighted by molar-refractivity contribution is 0.0976. The fraction of sp³-hybridized carbons (Fsp3) is 0.391. The Morgan fingerprint density at radius 1 is 0.968 bits per heavy atom. The first-order valence-corrected chi connectivity index (χ1v) is 10.7. The summed E-state index contributed by atoms with van der Waals surface area (Å²) in [6.07, 6.45) is 0.921. The number of rotatable bonds is 12. The second-order valence-corrected chi connectivity index (χ2v) is 6.95. The van der Waals surface area contributed by atoms with Crippen LogP contribution in [0.1, 0.15) is 36.2 Å². The molecule has 0 fully saturated rings. The molecular weight excluding hydrogens is 416 g/mol. The highest BCUT2D eigenvalue weighted by Gasteiger charge is 2.09. The number of amides is 1. The van der Waals surface area contributed by atoms with Crippen LogP contribution in [0.5, 0.6) is 17.2 Å². The number of thiocarbonyl (C=S) groups is 1. The molecule has 2 rings (SSSR count). The van der Waals surface area contributed by atoms with E-state index >= 15 is 0 Å². The Bertz CT molecular complexity index is 842. The van der Waals surface area contributed by atoms with Gasteiger partial charge in [0.15, 0.2) is 16.6 Å². The highest BCUT2D eigenvalue weighted by atomic mass is 32.1. The van der Waals surface area contributed by atoms with Gasteiger partial charge in [-0.1, -0.05) is 13.0 Å². The Labute approximate surface area is 189 Å². The second-order valence-electron chi connectivity index (χ2n) is 6.54. The van der Waals surface area contributed by atoms with Crippen molar-refractivity contribution in [2.24, 2.45) is 0 Å². The largest absolute Gasteiger partial charge is 0.493 e. The fourth-order valence-corrected chi connectivity index (χ4v) is 2.79. The molecule has 0 aliphatic heterocycles. The van der Waals surface area contributed by atoms with Crippen molar-refractivity contribution in [3.8, 4) is 17.2 Å². The molecule has 2 aromatic carbocycles. The molecule has 168 valence electrons. The zero-order valence-electron chi connectivity index (χ0n) is 18.2. The lowest BCUT2D eigenvalue weighted by atomic mass is 10.2. The van der Waals surface area contributed by atoms with E-state index in [1.54, 1.807) is 31.4 Å². The number of hydrogen-bond acceptors (Lipinski definition) is 6. The van der Waals surface area contributed by atoms with Gasteiger partial charge in [-0.05, 0) is 67.5 Å². The van der Waals surface area contributed by atoms with Gasteiger partial charge in [0, 0.05) is 18.7 Å². The molecular formula is C23H30N2O5S. The molecule has 0 unspecified atom stereocenters. The minimum Gasteiger partial charge on any atom is -0.493 e. The smallest absolute Gasteiger partial charge is 0.257 e. The van der Waals surface area contributed by atoms with Crippen LogP contribution in [0.25, 0.3) is 0 Å². The molecule has 8 heteroatoms. The van der Waals surface area contributed by atoms with Crippen molar-refractivity contribution in [3.63, 3.8) is 0 Å². The van der Waals surface area contributed by atoms with Crippen molar-refractivity contribution in [3.05, 3.63) is 53.6 Å². The summed E-state index contributed by atoms with van der Waals surface area (Å²) < 4.78 is 21.8. The summed E-state index contributed by atoms with van der Waals surface area (Å²) >= 11 is 5.24. The van der Waals surface area contributed by atoms with Crippen LogP contribution >= 0.6 is 12.2 Å². The summed E-state index contributed by atoms with van der Waals surface area (Å²) in [5.41, 5.74) is 1.44. The Hall–Kier alpha value is -2.84. The third kappa shape index (κ3) is 8.43. The zero-order chi connectivity index (χ0) is 22.5. The first-order chi connectivity index (χ1) is 15.1. The monoisotopic (exact) mass is 446 g/mol. The second kappa shape index (κ2) is 13.5. The van der Waals surface area contributed by atoms with E-state index in [-0.39, 0.29) is 11.0 Å². The number of carbonyl (C=O) groups is 1. The van der Waals surface area contributed by atoms with Gasteiger partial charge in [0.2, 0.25) is 0 Å². The van der Waals surface area contributed by atoms with E-state index in [1.807, 2.05) is 32.0 Å². The van der Waals surface area contributed by atoms with Gasteiger partial charge in [0.1, 0.15) is 12.4 Å². The van der Waals surface area contributed by atoms with Gasteiger partial charge in [-0.25, -0.2) is 0 Å². The first kappa shape index (κ1) is 24.4. The molecule has 31 heavy (non-hydrogen) atoms. The molecule has 0 aliphatic carbocycles. The summed E-state index contributed by atoms with van der Waals surface area (Å²) in [7, 11) is 1.60. The molecule has 0 heterocycles. The predicted octanol–water partition coefficient (Wildman–Crippen LogP) is 3.70. The van der Waals surface area contributed by atoms with E-state index in [0.29, 0.717) is 55.8 Å². The highest BCUT2D eigenvalue weighted by molar-refractivity contribution is 7.80. The third-order valence-electron chi connectivity index (χ3n) is 4.19. The van der Waals surface area contributed by atoms with Crippen LogP contribution in [-0.2, 0) is 11.3 Å². The predicted molar refractivity (Wildman–Crippen MR) is 124 cm³/mol. The van der Waals surface area contributed by atoms with Crippen molar-refractivity contribution >= 4 is 23.2 Å². The molecule has 0 saturated heterocycles. The summed E-state index contributed by atoms with van der Waals surface area (Å²) in [6.45, 7) is 6.70. The van der Waals surface area contributed by atoms with E-state index in [0.717, 1.165) is 12.0 Å². The van der Waals surface area contributed by atoms with Crippen LogP contribution in [0.15, 0.2) is 42.5 Å². The van der Waals surface area contributed by atoms with Gasteiger partial charge in [-0.15, -0.1) is 0 Å². The average Bonchev–Trinajstić information content (AvgIpc) is 2.79. The molecule has 7 nitrogen and oxygen atoms in total. The van der Waals surface area contributed by atoms with Crippen LogP contribution < -0.4 is 24.8 Å². The van der Waals surface area contributed by atoms with E-state index in [1.165, 1.54) is 0 Å². The molecule has 0 bridgehead atoms. The van der Waals surface area contributed by atoms with Gasteiger partial charge in [0.25, 0.3) is 5.91 Å². The minimum atomic E-state index is -0.292. The molecule has 1 amide bonds. The Kier molecular flexibility index (Phi) is 10.6. The first-order valence-electron chi connectivity index (χ1n) is 10.3. The van der Waals surface area contributed by atoms with E-state index in [2.05, 4.69) is 10.6 Å². The van der Waals surface area contributed by atoms with Gasteiger partial charge in [-0.3, -0.25) is 10.1 Å². The molecule has 0 aromatic heterocycles. The van der Waals surface area contributed by atoms with Crippen molar-refractivity contribution in [2.45, 2.75) is 26.8 Å². The summed E-state index contributed by atoms with van der Waals surface area (Å²) in [5, 5.41) is 5.95. The van der Waals surface area contributed by atoms with Crippen molar-refractivity contribution in [1.82, 2.24) is 10.6 Å². The number of methoxy groups -OCH3 is 1. The third-order valence-corrected chi connectivity index (χ3v) is 4.43. The van der Waals surface area contributed by atoms with Crippen molar-refractivity contribution in [2.75, 3.05) is 33.5 Å². The normalized spacial score (nSPS) is 10.3. The fourth-order valence-electron chi connectivity index (χ4n) is 2.62. The summed E-state index contributed by atoms with van der Waals surface area (Å²) in [6, 6.07) is 12.5. The summed E-state index contributed by atoms with van der Waals surface area (Å²) in [5.74, 6) is 1.75. The number of ether oxygens (including phenoxy) is 4. The van der Waals surface area contributed by atoms with Gasteiger partial charge in [0.05, 0.1) is 20.3 Å². The lowest BCUT2D eigenvalue weighted by Crippen LogP contribution is -2.38. The lowest BCUT2D eigenvalue weighted by Gasteiger charge is -2.13. The molecule has 0 saturated carbocycles. The number of benzene rings is 2. The van der Waals surface area contributed by atoms with E-state index in [4.69, 9.17) is 31.2 Å². The van der Waals surface area contributed by atoms with Crippen LogP contribution in [-0.4, -0.2) is 44.6 Å². The molecule has 2 N–H and O–H groups in total. The number of nitrogens with one attached hydrogen (secondary N) is 2. The molecule has 0 aliphatic rings. The number of carbonyl (C=O) groups excluding carboxylic acids is 1. The molecule has 2 aromatic rings. The Morgan fingerprint density at radius 3 is 2.42 bits per heavy atom. The standard InChI is InChI=1S/C23H30N2O5S/c1-4-12-30-20-11-6-17(15-21(20)27-3)16-24-23(31)25-22(26)18-7-9-19(10-8-18)29-14-13-28-5-2/h6-11,15H,4-5,12-14,16H2,1-3H3,(H2,24,25,26,31). The highest BCUT2D eigenvalue weighted by Crippen LogP contribution is 2.28. The molecule has 0 radical (unpaired) electrons. The topological polar surface area (TPSA) is 78.1 Å². The van der Waals surface area contributed by atoms with Gasteiger partial charge < -0.3 is 24.3 Å². The minimum absolute atomic E-state index is 0.243. The van der Waals surface area contributed by atoms with Crippen molar-refractivity contribution in [1.29, 1.82) is 0 Å². The quantitative estimate of drug-likeness (QED) is 0.380. The number of hydrogen-bond donors (Lipinski definition) is 2. The maximum absolute atomic E-state index is 12.4. The van der Waals surface area contributed by atoms with Gasteiger partial charge in [-0.2, -0.15) is 0 Å². The van der Waals surface area contributed by atoms with Gasteiger partial charge >= 0.3 is 0 Å². The maximum Gasteiger partial charge on any atom is 0.257 e. The average molecular weight is 447 g/mol. The Balaban J connectivity index is 1.82. The van der Waals surface area contributed by atoms with Crippen molar-refractivity contribution < 1.29 is 23.7 Å². The zero-order valence-corrected chi connectivity index (χ0v) is 19.1. The van der Waals surface area contributed by atoms with Crippen LogP contribution in [0, 0.1) is 0 Å². The SMILES string of the molecule is CCCOc1ccc(CNC(=S)NC(=O)c2ccc(OCCOCC)cc2)cc1OC. The molecule has 0 spiro atoms. The molecule has 0 atom stereocenters. The van der Waals surface area contributed by atoms with Crippen LogP contribution in [0.2, 0.25) is 0 Å².